The number of fused-ring (bicyclic) bond motifs is 10. The predicted octanol–water partition coefficient (Wildman–Crippen LogP) is 17.5. The highest BCUT2D eigenvalue weighted by atomic mass is 15.1. The van der Waals surface area contributed by atoms with Crippen LogP contribution in [0.15, 0.2) is 218 Å². The molecule has 8 nitrogen and oxygen atoms in total. The first kappa shape index (κ1) is 48.5. The van der Waals surface area contributed by atoms with Gasteiger partial charge in [0.05, 0.1) is 27.8 Å². The van der Waals surface area contributed by atoms with E-state index in [2.05, 4.69) is 202 Å². The summed E-state index contributed by atoms with van der Waals surface area (Å²) in [6, 6.07) is 84.2. The zero-order chi connectivity index (χ0) is 55.9. The van der Waals surface area contributed by atoms with E-state index in [9.17, 15) is 0 Å². The van der Waals surface area contributed by atoms with Crippen LogP contribution in [0.2, 0.25) is 0 Å². The number of para-hydroxylation sites is 1. The smallest absolute Gasteiger partial charge is 0.164 e. The molecule has 0 atom stereocenters. The lowest BCUT2D eigenvalue weighted by atomic mass is 9.69. The average Bonchev–Trinajstić information content (AvgIpc) is 1.91. The van der Waals surface area contributed by atoms with Gasteiger partial charge in [0.15, 0.2) is 34.9 Å². The maximum absolute atomic E-state index is 5.20. The van der Waals surface area contributed by atoms with Crippen LogP contribution in [0, 0.1) is 12.1 Å². The fourth-order valence-corrected chi connectivity index (χ4v) is 13.3. The molecule has 2 aliphatic rings. The van der Waals surface area contributed by atoms with Crippen molar-refractivity contribution in [1.29, 1.82) is 0 Å². The van der Waals surface area contributed by atoms with Crippen LogP contribution in [0.5, 0.6) is 0 Å². The van der Waals surface area contributed by atoms with E-state index in [0.29, 0.717) is 34.9 Å². The van der Waals surface area contributed by atoms with E-state index in [4.69, 9.17) is 29.9 Å². The molecule has 14 aromatic rings. The first-order chi connectivity index (χ1) is 40.4. The topological polar surface area (TPSA) is 87.2 Å². The molecule has 16 rings (SSSR count). The Balaban J connectivity index is 0.923. The normalized spacial score (nSPS) is 13.8. The minimum Gasteiger partial charge on any atom is -0.309 e. The van der Waals surface area contributed by atoms with Crippen LogP contribution >= 0.6 is 0 Å². The lowest BCUT2D eigenvalue weighted by Gasteiger charge is -2.37. The van der Waals surface area contributed by atoms with Gasteiger partial charge < -0.3 is 9.13 Å². The highest BCUT2D eigenvalue weighted by Crippen LogP contribution is 2.53. The maximum Gasteiger partial charge on any atom is 0.164 e. The van der Waals surface area contributed by atoms with E-state index in [0.717, 1.165) is 60.9 Å². The van der Waals surface area contributed by atoms with Gasteiger partial charge in [0, 0.05) is 71.2 Å². The Kier molecular flexibility index (Phi) is 10.4. The average molecular weight is 1070 g/mol. The van der Waals surface area contributed by atoms with Gasteiger partial charge in [-0.2, -0.15) is 0 Å². The maximum atomic E-state index is 5.20. The standard InChI is InChI=1S/C75H54N8/c1-73(2,51-41-55-53-39-49(35-37-61(53)82-63-33-21-19-31-57(63)74(3,4)59(43-51)65(55)82)71-78-67(45-23-11-7-12-24-45)76-68(79-71)46-25-13-8-14-26-46)52-42-56-54-40-50(36-38-62(54)83-64-34-22-20-32-58(64)75(5,6)60(44-52)66(56)83)72-80-69(47-27-15-9-16-28-47)77-70(81-72)48-29-17-10-18-30-48/h7-21,23-33,35-44H,1-6H3. The highest BCUT2D eigenvalue weighted by molar-refractivity contribution is 6.14. The van der Waals surface area contributed by atoms with Gasteiger partial charge >= 0.3 is 0 Å². The molecule has 0 aliphatic carbocycles. The number of hydrogen-bond donors (Lipinski definition) is 0. The molecule has 10 aromatic carbocycles. The Bertz CT molecular complexity index is 4550. The second-order valence-electron chi connectivity index (χ2n) is 23.8. The van der Waals surface area contributed by atoms with Gasteiger partial charge in [-0.1, -0.05) is 199 Å². The van der Waals surface area contributed by atoms with Crippen molar-refractivity contribution in [1.82, 2.24) is 39.0 Å². The summed E-state index contributed by atoms with van der Waals surface area (Å²) in [4.78, 5) is 30.9. The number of aromatic nitrogens is 8. The summed E-state index contributed by atoms with van der Waals surface area (Å²) in [5, 5.41) is 4.61. The summed E-state index contributed by atoms with van der Waals surface area (Å²) in [5.74, 6) is 3.77. The van der Waals surface area contributed by atoms with Gasteiger partial charge in [-0.25, -0.2) is 29.9 Å². The first-order valence-corrected chi connectivity index (χ1v) is 28.4. The van der Waals surface area contributed by atoms with Crippen LogP contribution in [0.3, 0.4) is 0 Å². The number of nitrogens with zero attached hydrogens (tertiary/aromatic N) is 8. The summed E-state index contributed by atoms with van der Waals surface area (Å²) in [5.41, 5.74) is 18.7. The van der Waals surface area contributed by atoms with E-state index < -0.39 is 5.41 Å². The third-order valence-corrected chi connectivity index (χ3v) is 17.9. The van der Waals surface area contributed by atoms with Crippen molar-refractivity contribution in [3.63, 3.8) is 0 Å². The van der Waals surface area contributed by atoms with Crippen molar-refractivity contribution in [2.75, 3.05) is 0 Å². The molecule has 6 heterocycles. The monoisotopic (exact) mass is 1070 g/mol. The second-order valence-corrected chi connectivity index (χ2v) is 23.8. The molecule has 0 spiro atoms. The molecule has 0 saturated heterocycles. The molecule has 0 amide bonds. The zero-order valence-electron chi connectivity index (χ0n) is 46.9. The van der Waals surface area contributed by atoms with Crippen LogP contribution in [0.25, 0.3) is 123 Å². The molecule has 2 aliphatic heterocycles. The van der Waals surface area contributed by atoms with Crippen LogP contribution in [-0.4, -0.2) is 39.0 Å². The van der Waals surface area contributed by atoms with Crippen molar-refractivity contribution >= 4 is 43.6 Å². The van der Waals surface area contributed by atoms with Crippen LogP contribution in [0.4, 0.5) is 0 Å². The van der Waals surface area contributed by atoms with Crippen molar-refractivity contribution < 1.29 is 0 Å². The van der Waals surface area contributed by atoms with Gasteiger partial charge in [-0.05, 0) is 106 Å². The van der Waals surface area contributed by atoms with Crippen molar-refractivity contribution in [3.8, 4) is 79.7 Å². The summed E-state index contributed by atoms with van der Waals surface area (Å²) in [7, 11) is 0. The van der Waals surface area contributed by atoms with E-state index in [1.54, 1.807) is 0 Å². The molecule has 394 valence electrons. The van der Waals surface area contributed by atoms with E-state index in [1.807, 2.05) is 78.9 Å². The molecule has 8 heteroatoms. The fourth-order valence-electron chi connectivity index (χ4n) is 13.3. The molecule has 4 aromatic heterocycles. The Morgan fingerprint density at radius 2 is 0.735 bits per heavy atom. The fraction of sp³-hybridized carbons (Fsp3) is 0.120. The van der Waals surface area contributed by atoms with Crippen LogP contribution in [-0.2, 0) is 16.2 Å². The first-order valence-electron chi connectivity index (χ1n) is 28.4. The lowest BCUT2D eigenvalue weighted by Crippen LogP contribution is -2.29. The van der Waals surface area contributed by atoms with Crippen molar-refractivity contribution in [2.24, 2.45) is 0 Å². The molecule has 0 saturated carbocycles. The van der Waals surface area contributed by atoms with Gasteiger partial charge in [-0.15, -0.1) is 0 Å². The Labute approximate surface area is 481 Å². The predicted molar refractivity (Wildman–Crippen MR) is 335 cm³/mol. The van der Waals surface area contributed by atoms with Gasteiger partial charge in [0.25, 0.3) is 0 Å². The lowest BCUT2D eigenvalue weighted by molar-refractivity contribution is 0.605. The van der Waals surface area contributed by atoms with E-state index in [-0.39, 0.29) is 10.8 Å². The summed E-state index contributed by atoms with van der Waals surface area (Å²) >= 11 is 0. The Morgan fingerprint density at radius 3 is 1.19 bits per heavy atom. The van der Waals surface area contributed by atoms with Crippen LogP contribution < -0.4 is 0 Å². The molecular formula is C75H54N8. The number of benzene rings is 9. The molecule has 0 fully saturated rings. The van der Waals surface area contributed by atoms with E-state index >= 15 is 0 Å². The molecule has 0 N–H and O–H groups in total. The quantitative estimate of drug-likeness (QED) is 0.151. The SMILES string of the molecule is CC(C)(c1cc2c3c(c1)c1cc(-c4nc(-c5ccccc5)nc(-c5ccccc5)n4)ccc1n3-c1c#cccc1C2(C)C)c1cc2c3c(c1)c1cc(-c4nc(-c5ccccc5)nc(-c5ccccc5)n4)ccc1n3-c1ccccc1C2(C)C. The third-order valence-electron chi connectivity index (χ3n) is 17.9. The molecule has 83 heavy (non-hydrogen) atoms. The second kappa shape index (κ2) is 17.8. The Hall–Kier alpha value is -10.4. The summed E-state index contributed by atoms with van der Waals surface area (Å²) in [6.07, 6.45) is 0. The third kappa shape index (κ3) is 7.33. The van der Waals surface area contributed by atoms with Crippen molar-refractivity contribution in [3.05, 3.63) is 264 Å². The molecule has 0 bridgehead atoms. The number of hydrogen-bond acceptors (Lipinski definition) is 6. The van der Waals surface area contributed by atoms with Gasteiger partial charge in [0.1, 0.15) is 5.69 Å². The minimum absolute atomic E-state index is 0.327. The zero-order valence-corrected chi connectivity index (χ0v) is 46.9. The van der Waals surface area contributed by atoms with Gasteiger partial charge in [0.2, 0.25) is 0 Å². The summed E-state index contributed by atoms with van der Waals surface area (Å²) < 4.78 is 4.91. The minimum atomic E-state index is -0.500. The number of rotatable bonds is 8. The van der Waals surface area contributed by atoms with Gasteiger partial charge in [-0.3, -0.25) is 0 Å². The molecule has 0 radical (unpaired) electrons. The summed E-state index contributed by atoms with van der Waals surface area (Å²) in [6.45, 7) is 14.3. The Morgan fingerprint density at radius 1 is 0.349 bits per heavy atom. The van der Waals surface area contributed by atoms with Crippen molar-refractivity contribution in [2.45, 2.75) is 57.8 Å². The molecular weight excluding hydrogens is 1010 g/mol. The highest BCUT2D eigenvalue weighted by Gasteiger charge is 2.40. The van der Waals surface area contributed by atoms with E-state index in [1.165, 1.54) is 60.9 Å². The molecule has 0 unspecified atom stereocenters. The van der Waals surface area contributed by atoms with Crippen LogP contribution in [0.1, 0.15) is 74.9 Å². The largest absolute Gasteiger partial charge is 0.309 e.